The molecule has 0 unspecified atom stereocenters. The van der Waals surface area contributed by atoms with Gasteiger partial charge < -0.3 is 10.2 Å². The molecule has 2 N–H and O–H groups in total. The summed E-state index contributed by atoms with van der Waals surface area (Å²) in [6.07, 6.45) is 0. The molecule has 92 valence electrons. The Balaban J connectivity index is 2.55. The van der Waals surface area contributed by atoms with Crippen molar-refractivity contribution in [3.8, 4) is 11.5 Å². The average Bonchev–Trinajstić information content (AvgIpc) is 2.35. The fourth-order valence-electron chi connectivity index (χ4n) is 1.54. The van der Waals surface area contributed by atoms with E-state index in [9.17, 15) is 13.6 Å². The molecule has 0 radical (unpaired) electrons. The fourth-order valence-corrected chi connectivity index (χ4v) is 1.54. The third-order valence-corrected chi connectivity index (χ3v) is 2.45. The molecular weight excluding hydrogens is 242 g/mol. The van der Waals surface area contributed by atoms with E-state index in [1.54, 1.807) is 0 Å². The van der Waals surface area contributed by atoms with Crippen molar-refractivity contribution in [2.45, 2.75) is 0 Å². The van der Waals surface area contributed by atoms with Gasteiger partial charge in [0.25, 0.3) is 0 Å². The Labute approximate surface area is 101 Å². The van der Waals surface area contributed by atoms with Crippen molar-refractivity contribution in [1.82, 2.24) is 0 Å². The van der Waals surface area contributed by atoms with E-state index < -0.39 is 40.0 Å². The number of benzene rings is 2. The van der Waals surface area contributed by atoms with E-state index in [0.717, 1.165) is 24.3 Å². The highest BCUT2D eigenvalue weighted by Gasteiger charge is 2.20. The second-order valence-corrected chi connectivity index (χ2v) is 3.61. The second kappa shape index (κ2) is 4.44. The van der Waals surface area contributed by atoms with E-state index in [-0.39, 0.29) is 0 Å². The molecule has 0 fully saturated rings. The highest BCUT2D eigenvalue weighted by atomic mass is 19.1. The topological polar surface area (TPSA) is 57.5 Å². The Kier molecular flexibility index (Phi) is 2.97. The summed E-state index contributed by atoms with van der Waals surface area (Å²) < 4.78 is 27.0. The molecule has 3 nitrogen and oxygen atoms in total. The van der Waals surface area contributed by atoms with Gasteiger partial charge in [-0.15, -0.1) is 0 Å². The average molecular weight is 250 g/mol. The Bertz CT molecular complexity index is 570. The molecule has 0 heterocycles. The lowest BCUT2D eigenvalue weighted by molar-refractivity contribution is 0.103. The smallest absolute Gasteiger partial charge is 0.199 e. The summed E-state index contributed by atoms with van der Waals surface area (Å²) in [5.41, 5.74) is -0.918. The van der Waals surface area contributed by atoms with Crippen LogP contribution in [0, 0.1) is 11.6 Å². The molecule has 0 amide bonds. The van der Waals surface area contributed by atoms with Crippen molar-refractivity contribution in [3.63, 3.8) is 0 Å². The Morgan fingerprint density at radius 2 is 1.22 bits per heavy atom. The first-order chi connectivity index (χ1) is 8.52. The lowest BCUT2D eigenvalue weighted by atomic mass is 10.0. The van der Waals surface area contributed by atoms with Gasteiger partial charge in [0.2, 0.25) is 0 Å². The van der Waals surface area contributed by atoms with Gasteiger partial charge in [0.15, 0.2) is 28.9 Å². The van der Waals surface area contributed by atoms with Crippen LogP contribution in [0.3, 0.4) is 0 Å². The number of rotatable bonds is 2. The second-order valence-electron chi connectivity index (χ2n) is 3.61. The molecule has 2 rings (SSSR count). The summed E-state index contributed by atoms with van der Waals surface area (Å²) in [6.45, 7) is 0. The van der Waals surface area contributed by atoms with Crippen LogP contribution in [0.1, 0.15) is 15.9 Å². The zero-order valence-electron chi connectivity index (χ0n) is 9.02. The summed E-state index contributed by atoms with van der Waals surface area (Å²) in [5, 5.41) is 18.3. The van der Waals surface area contributed by atoms with Gasteiger partial charge in [0, 0.05) is 0 Å². The summed E-state index contributed by atoms with van der Waals surface area (Å²) in [5.74, 6) is -4.57. The fraction of sp³-hybridized carbons (Fsp3) is 0. The van der Waals surface area contributed by atoms with Gasteiger partial charge >= 0.3 is 0 Å². The predicted molar refractivity (Wildman–Crippen MR) is 59.6 cm³/mol. The van der Waals surface area contributed by atoms with Crippen LogP contribution in [0.25, 0.3) is 0 Å². The van der Waals surface area contributed by atoms with E-state index in [4.69, 9.17) is 10.2 Å². The first-order valence-corrected chi connectivity index (χ1v) is 5.02. The van der Waals surface area contributed by atoms with Crippen molar-refractivity contribution in [1.29, 1.82) is 0 Å². The normalized spacial score (nSPS) is 10.3. The van der Waals surface area contributed by atoms with Crippen LogP contribution in [0.5, 0.6) is 11.5 Å². The van der Waals surface area contributed by atoms with E-state index in [2.05, 4.69) is 0 Å². The third-order valence-electron chi connectivity index (χ3n) is 2.45. The molecule has 0 bridgehead atoms. The van der Waals surface area contributed by atoms with Crippen molar-refractivity contribution in [3.05, 3.63) is 59.2 Å². The first-order valence-electron chi connectivity index (χ1n) is 5.02. The van der Waals surface area contributed by atoms with Crippen LogP contribution < -0.4 is 0 Å². The number of hydrogen-bond acceptors (Lipinski definition) is 3. The van der Waals surface area contributed by atoms with Gasteiger partial charge in [-0.1, -0.05) is 12.1 Å². The molecule has 5 heteroatoms. The molecule has 0 aliphatic heterocycles. The molecule has 0 saturated carbocycles. The minimum absolute atomic E-state index is 0.459. The van der Waals surface area contributed by atoms with Crippen LogP contribution in [0.4, 0.5) is 8.78 Å². The lowest BCUT2D eigenvalue weighted by Gasteiger charge is -2.05. The van der Waals surface area contributed by atoms with Crippen LogP contribution in [0.2, 0.25) is 0 Å². The molecule has 0 spiro atoms. The number of carbonyl (C=O) groups excluding carboxylic acids is 1. The van der Waals surface area contributed by atoms with Gasteiger partial charge in [0.1, 0.15) is 0 Å². The highest BCUT2D eigenvalue weighted by molar-refractivity contribution is 6.09. The number of ketones is 1. The van der Waals surface area contributed by atoms with Gasteiger partial charge in [0.05, 0.1) is 11.1 Å². The number of phenolic OH excluding ortho intramolecular Hbond substituents is 2. The predicted octanol–water partition coefficient (Wildman–Crippen LogP) is 2.61. The minimum Gasteiger partial charge on any atom is -0.505 e. The lowest BCUT2D eigenvalue weighted by Crippen LogP contribution is -2.06. The molecule has 2 aromatic carbocycles. The standard InChI is InChI=1S/C13H8F2O3/c14-11-7(3-1-5-9(11)16)13(18)8-4-2-6-10(17)12(8)15/h1-6,16-17H. The number of phenols is 2. The number of aromatic hydroxyl groups is 2. The van der Waals surface area contributed by atoms with Crippen molar-refractivity contribution >= 4 is 5.78 Å². The minimum atomic E-state index is -1.12. The van der Waals surface area contributed by atoms with Crippen LogP contribution in [-0.4, -0.2) is 16.0 Å². The van der Waals surface area contributed by atoms with Gasteiger partial charge in [-0.25, -0.2) is 8.78 Å². The van der Waals surface area contributed by atoms with Crippen LogP contribution >= 0.6 is 0 Å². The van der Waals surface area contributed by atoms with E-state index in [1.807, 2.05) is 0 Å². The monoisotopic (exact) mass is 250 g/mol. The van der Waals surface area contributed by atoms with E-state index in [0.29, 0.717) is 0 Å². The number of hydrogen-bond donors (Lipinski definition) is 2. The molecule has 18 heavy (non-hydrogen) atoms. The zero-order valence-corrected chi connectivity index (χ0v) is 9.02. The van der Waals surface area contributed by atoms with Crippen LogP contribution in [0.15, 0.2) is 36.4 Å². The Morgan fingerprint density at radius 1 is 0.833 bits per heavy atom. The van der Waals surface area contributed by atoms with E-state index in [1.165, 1.54) is 12.1 Å². The Hall–Kier alpha value is -2.43. The molecule has 0 saturated heterocycles. The quantitative estimate of drug-likeness (QED) is 0.805. The maximum atomic E-state index is 13.5. The van der Waals surface area contributed by atoms with E-state index >= 15 is 0 Å². The summed E-state index contributed by atoms with van der Waals surface area (Å²) in [4.78, 5) is 11.9. The SMILES string of the molecule is O=C(c1cccc(O)c1F)c1cccc(O)c1F. The molecule has 0 aromatic heterocycles. The first kappa shape index (κ1) is 12.0. The molecule has 2 aromatic rings. The largest absolute Gasteiger partial charge is 0.505 e. The summed E-state index contributed by atoms with van der Waals surface area (Å²) in [7, 11) is 0. The van der Waals surface area contributed by atoms with Crippen molar-refractivity contribution in [2.75, 3.05) is 0 Å². The summed E-state index contributed by atoms with van der Waals surface area (Å²) >= 11 is 0. The van der Waals surface area contributed by atoms with Gasteiger partial charge in [-0.2, -0.15) is 0 Å². The third kappa shape index (κ3) is 1.90. The number of carbonyl (C=O) groups is 1. The van der Waals surface area contributed by atoms with Crippen molar-refractivity contribution in [2.24, 2.45) is 0 Å². The zero-order chi connectivity index (χ0) is 13.3. The Morgan fingerprint density at radius 3 is 1.61 bits per heavy atom. The number of halogens is 2. The highest BCUT2D eigenvalue weighted by Crippen LogP contribution is 2.25. The van der Waals surface area contributed by atoms with Crippen molar-refractivity contribution < 1.29 is 23.8 Å². The summed E-state index contributed by atoms with van der Waals surface area (Å²) in [6, 6.07) is 6.94. The maximum Gasteiger partial charge on any atom is 0.199 e. The van der Waals surface area contributed by atoms with Gasteiger partial charge in [-0.3, -0.25) is 4.79 Å². The molecule has 0 aliphatic carbocycles. The molecule has 0 atom stereocenters. The molecular formula is C13H8F2O3. The molecule has 0 aliphatic rings. The van der Waals surface area contributed by atoms with Crippen LogP contribution in [-0.2, 0) is 0 Å². The maximum absolute atomic E-state index is 13.5. The van der Waals surface area contributed by atoms with Gasteiger partial charge in [-0.05, 0) is 24.3 Å².